The zero-order chi connectivity index (χ0) is 18.2. The molecule has 0 aliphatic carbocycles. The average Bonchev–Trinajstić information content (AvgIpc) is 2.69. The van der Waals surface area contributed by atoms with Gasteiger partial charge >= 0.3 is 0 Å². The van der Waals surface area contributed by atoms with Crippen molar-refractivity contribution >= 4 is 47.2 Å². The third-order valence-electron chi connectivity index (χ3n) is 4.46. The van der Waals surface area contributed by atoms with Crippen LogP contribution in [0.15, 0.2) is 53.7 Å². The molecule has 0 spiro atoms. The Labute approximate surface area is 183 Å². The number of aromatic nitrogens is 1. The van der Waals surface area contributed by atoms with E-state index in [-0.39, 0.29) is 24.0 Å². The summed E-state index contributed by atoms with van der Waals surface area (Å²) in [6.45, 7) is 7.45. The van der Waals surface area contributed by atoms with Crippen molar-refractivity contribution in [2.45, 2.75) is 13.3 Å². The highest BCUT2D eigenvalue weighted by Crippen LogP contribution is 2.25. The molecule has 0 saturated carbocycles. The van der Waals surface area contributed by atoms with Gasteiger partial charge in [0, 0.05) is 57.6 Å². The number of pyridine rings is 1. The molecule has 0 unspecified atom stereocenters. The molecule has 1 aromatic heterocycles. The second kappa shape index (κ2) is 11.3. The van der Waals surface area contributed by atoms with Crippen LogP contribution in [0.2, 0.25) is 5.02 Å². The van der Waals surface area contributed by atoms with Gasteiger partial charge in [0.15, 0.2) is 5.96 Å². The SMILES string of the molecule is CCNC(=NCCc1ccccn1)N1CCN(c2ccccc2Cl)CC1.I. The predicted octanol–water partition coefficient (Wildman–Crippen LogP) is 3.68. The number of guanidine groups is 1. The average molecular weight is 500 g/mol. The van der Waals surface area contributed by atoms with E-state index in [1.54, 1.807) is 0 Å². The Hall–Kier alpha value is -1.54. The van der Waals surface area contributed by atoms with Crippen LogP contribution in [-0.4, -0.2) is 55.1 Å². The number of rotatable bonds is 5. The number of hydrogen-bond acceptors (Lipinski definition) is 3. The van der Waals surface area contributed by atoms with Gasteiger partial charge in [0.2, 0.25) is 0 Å². The fourth-order valence-corrected chi connectivity index (χ4v) is 3.37. The van der Waals surface area contributed by atoms with Crippen molar-refractivity contribution in [2.75, 3.05) is 44.2 Å². The summed E-state index contributed by atoms with van der Waals surface area (Å²) in [4.78, 5) is 13.8. The first-order chi connectivity index (χ1) is 12.8. The molecule has 3 rings (SSSR count). The first kappa shape index (κ1) is 21.8. The normalized spacial score (nSPS) is 14.7. The van der Waals surface area contributed by atoms with E-state index in [1.807, 2.05) is 42.6 Å². The standard InChI is InChI=1S/C20H26ClN5.HI/c1-2-22-20(24-12-10-17-7-5-6-11-23-17)26-15-13-25(14-16-26)19-9-4-3-8-18(19)21;/h3-9,11H,2,10,12-16H2,1H3,(H,22,24);1H. The quantitative estimate of drug-likeness (QED) is 0.387. The summed E-state index contributed by atoms with van der Waals surface area (Å²) in [5, 5.41) is 4.23. The fourth-order valence-electron chi connectivity index (χ4n) is 3.12. The monoisotopic (exact) mass is 499 g/mol. The maximum Gasteiger partial charge on any atom is 0.194 e. The highest BCUT2D eigenvalue weighted by Gasteiger charge is 2.20. The largest absolute Gasteiger partial charge is 0.367 e. The summed E-state index contributed by atoms with van der Waals surface area (Å²) in [5.74, 6) is 0.988. The smallest absolute Gasteiger partial charge is 0.194 e. The molecule has 2 aromatic rings. The lowest BCUT2D eigenvalue weighted by molar-refractivity contribution is 0.372. The zero-order valence-electron chi connectivity index (χ0n) is 15.6. The molecule has 146 valence electrons. The van der Waals surface area contributed by atoms with Crippen LogP contribution in [-0.2, 0) is 6.42 Å². The number of halogens is 2. The van der Waals surface area contributed by atoms with Gasteiger partial charge in [0.1, 0.15) is 0 Å². The summed E-state index contributed by atoms with van der Waals surface area (Å²) >= 11 is 6.34. The Bertz CT molecular complexity index is 717. The van der Waals surface area contributed by atoms with Gasteiger partial charge in [0.25, 0.3) is 0 Å². The third-order valence-corrected chi connectivity index (χ3v) is 4.78. The predicted molar refractivity (Wildman–Crippen MR) is 125 cm³/mol. The molecule has 7 heteroatoms. The lowest BCUT2D eigenvalue weighted by atomic mass is 10.2. The van der Waals surface area contributed by atoms with Gasteiger partial charge < -0.3 is 15.1 Å². The molecule has 1 aliphatic rings. The molecule has 1 aliphatic heterocycles. The van der Waals surface area contributed by atoms with E-state index >= 15 is 0 Å². The zero-order valence-corrected chi connectivity index (χ0v) is 18.7. The molecule has 0 radical (unpaired) electrons. The van der Waals surface area contributed by atoms with Crippen LogP contribution < -0.4 is 10.2 Å². The number of piperazine rings is 1. The number of benzene rings is 1. The first-order valence-corrected chi connectivity index (χ1v) is 9.58. The van der Waals surface area contributed by atoms with E-state index in [0.29, 0.717) is 0 Å². The Kier molecular flexibility index (Phi) is 9.14. The van der Waals surface area contributed by atoms with Crippen LogP contribution >= 0.6 is 35.6 Å². The van der Waals surface area contributed by atoms with Gasteiger partial charge in [-0.25, -0.2) is 0 Å². The van der Waals surface area contributed by atoms with Crippen LogP contribution in [0, 0.1) is 0 Å². The van der Waals surface area contributed by atoms with Crippen LogP contribution in [0.25, 0.3) is 0 Å². The van der Waals surface area contributed by atoms with Crippen molar-refractivity contribution in [2.24, 2.45) is 4.99 Å². The molecule has 2 heterocycles. The molecule has 1 N–H and O–H groups in total. The van der Waals surface area contributed by atoms with Crippen LogP contribution in [0.5, 0.6) is 0 Å². The third kappa shape index (κ3) is 6.24. The van der Waals surface area contributed by atoms with Crippen molar-refractivity contribution < 1.29 is 0 Å². The Morgan fingerprint density at radius 3 is 2.52 bits per heavy atom. The van der Waals surface area contributed by atoms with Gasteiger partial charge in [-0.3, -0.25) is 9.98 Å². The van der Waals surface area contributed by atoms with Crippen molar-refractivity contribution in [1.29, 1.82) is 0 Å². The summed E-state index contributed by atoms with van der Waals surface area (Å²) in [6, 6.07) is 14.1. The summed E-state index contributed by atoms with van der Waals surface area (Å²) in [6.07, 6.45) is 2.69. The van der Waals surface area contributed by atoms with Crippen LogP contribution in [0.4, 0.5) is 5.69 Å². The van der Waals surface area contributed by atoms with Gasteiger partial charge in [-0.2, -0.15) is 0 Å². The Balaban J connectivity index is 0.00000261. The number of anilines is 1. The molecule has 1 aromatic carbocycles. The molecular formula is C20H27ClIN5. The summed E-state index contributed by atoms with van der Waals surface area (Å²) < 4.78 is 0. The molecular weight excluding hydrogens is 473 g/mol. The summed E-state index contributed by atoms with van der Waals surface area (Å²) in [5.41, 5.74) is 2.20. The highest BCUT2D eigenvalue weighted by molar-refractivity contribution is 14.0. The van der Waals surface area contributed by atoms with Crippen LogP contribution in [0.3, 0.4) is 0 Å². The number of aliphatic imine (C=N–C) groups is 1. The Morgan fingerprint density at radius 1 is 1.11 bits per heavy atom. The maximum atomic E-state index is 6.34. The summed E-state index contributed by atoms with van der Waals surface area (Å²) in [7, 11) is 0. The molecule has 0 bridgehead atoms. The molecule has 5 nitrogen and oxygen atoms in total. The van der Waals surface area contributed by atoms with E-state index in [4.69, 9.17) is 16.6 Å². The molecule has 0 amide bonds. The van der Waals surface area contributed by atoms with Crippen molar-refractivity contribution in [3.63, 3.8) is 0 Å². The van der Waals surface area contributed by atoms with Crippen molar-refractivity contribution in [1.82, 2.24) is 15.2 Å². The number of para-hydroxylation sites is 1. The van der Waals surface area contributed by atoms with Crippen molar-refractivity contribution in [3.8, 4) is 0 Å². The molecule has 0 atom stereocenters. The highest BCUT2D eigenvalue weighted by atomic mass is 127. The fraction of sp³-hybridized carbons (Fsp3) is 0.400. The van der Waals surface area contributed by atoms with Gasteiger partial charge in [-0.15, -0.1) is 24.0 Å². The minimum Gasteiger partial charge on any atom is -0.367 e. The lowest BCUT2D eigenvalue weighted by Gasteiger charge is -2.38. The van der Waals surface area contributed by atoms with Crippen LogP contribution in [0.1, 0.15) is 12.6 Å². The minimum absolute atomic E-state index is 0. The van der Waals surface area contributed by atoms with Gasteiger partial charge in [0.05, 0.1) is 10.7 Å². The number of hydrogen-bond donors (Lipinski definition) is 1. The van der Waals surface area contributed by atoms with E-state index < -0.39 is 0 Å². The van der Waals surface area contributed by atoms with Crippen molar-refractivity contribution in [3.05, 3.63) is 59.4 Å². The first-order valence-electron chi connectivity index (χ1n) is 9.20. The molecule has 1 fully saturated rings. The van der Waals surface area contributed by atoms with E-state index in [2.05, 4.69) is 33.1 Å². The topological polar surface area (TPSA) is 43.8 Å². The second-order valence-electron chi connectivity index (χ2n) is 6.23. The Morgan fingerprint density at radius 2 is 1.85 bits per heavy atom. The lowest BCUT2D eigenvalue weighted by Crippen LogP contribution is -2.52. The van der Waals surface area contributed by atoms with E-state index in [9.17, 15) is 0 Å². The second-order valence-corrected chi connectivity index (χ2v) is 6.64. The van der Waals surface area contributed by atoms with E-state index in [0.717, 1.165) is 68.1 Å². The molecule has 27 heavy (non-hydrogen) atoms. The van der Waals surface area contributed by atoms with Gasteiger partial charge in [-0.1, -0.05) is 29.8 Å². The van der Waals surface area contributed by atoms with Gasteiger partial charge in [-0.05, 0) is 31.2 Å². The maximum absolute atomic E-state index is 6.34. The minimum atomic E-state index is 0. The van der Waals surface area contributed by atoms with E-state index in [1.165, 1.54) is 0 Å². The number of nitrogens with one attached hydrogen (secondary N) is 1. The molecule has 1 saturated heterocycles. The number of nitrogens with zero attached hydrogens (tertiary/aromatic N) is 4.